The highest BCUT2D eigenvalue weighted by atomic mass is 35.5. The summed E-state index contributed by atoms with van der Waals surface area (Å²) in [4.78, 5) is 27.2. The van der Waals surface area contributed by atoms with Crippen LogP contribution in [0.25, 0.3) is 0 Å². The van der Waals surface area contributed by atoms with Crippen molar-refractivity contribution in [3.8, 4) is 11.5 Å². The fourth-order valence-corrected chi connectivity index (χ4v) is 3.49. The molecule has 7 nitrogen and oxygen atoms in total. The van der Waals surface area contributed by atoms with E-state index in [1.807, 2.05) is 19.2 Å². The van der Waals surface area contributed by atoms with Gasteiger partial charge in [-0.05, 0) is 42.8 Å². The number of carbonyl (C=O) groups excluding carboxylic acids is 1. The van der Waals surface area contributed by atoms with Gasteiger partial charge in [-0.1, -0.05) is 6.07 Å². The molecule has 29 heavy (non-hydrogen) atoms. The zero-order chi connectivity index (χ0) is 20.3. The first kappa shape index (κ1) is 22.4. The summed E-state index contributed by atoms with van der Waals surface area (Å²) in [5.74, 6) is 0.356. The summed E-state index contributed by atoms with van der Waals surface area (Å²) in [6.45, 7) is 0.700. The number of carboxylic acids is 1. The molecule has 156 valence electrons. The van der Waals surface area contributed by atoms with E-state index in [2.05, 4.69) is 4.90 Å². The molecule has 1 aliphatic heterocycles. The van der Waals surface area contributed by atoms with Crippen molar-refractivity contribution in [2.24, 2.45) is 0 Å². The molecular formula is C21H25ClN2O5. The maximum atomic E-state index is 12.7. The molecule has 0 bridgehead atoms. The van der Waals surface area contributed by atoms with Gasteiger partial charge in [0.2, 0.25) is 0 Å². The third kappa shape index (κ3) is 4.92. The van der Waals surface area contributed by atoms with Gasteiger partial charge in [-0.15, -0.1) is 12.4 Å². The second kappa shape index (κ2) is 9.52. The predicted octanol–water partition coefficient (Wildman–Crippen LogP) is 4.15. The van der Waals surface area contributed by atoms with Gasteiger partial charge >= 0.3 is 12.1 Å². The van der Waals surface area contributed by atoms with E-state index >= 15 is 0 Å². The quantitative estimate of drug-likeness (QED) is 0.756. The third-order valence-electron chi connectivity index (χ3n) is 4.99. The molecule has 0 radical (unpaired) electrons. The molecule has 1 unspecified atom stereocenters. The average molecular weight is 421 g/mol. The molecular weight excluding hydrogens is 396 g/mol. The topological polar surface area (TPSA) is 79.3 Å². The highest BCUT2D eigenvalue weighted by Gasteiger charge is 2.31. The molecule has 1 aliphatic rings. The van der Waals surface area contributed by atoms with Gasteiger partial charge in [0.1, 0.15) is 11.5 Å². The fraction of sp³-hybridized carbons (Fsp3) is 0.333. The van der Waals surface area contributed by atoms with E-state index in [-0.39, 0.29) is 24.7 Å². The summed E-state index contributed by atoms with van der Waals surface area (Å²) in [7, 11) is 5.18. The molecule has 0 spiro atoms. The van der Waals surface area contributed by atoms with Crippen LogP contribution in [0.4, 0.5) is 16.2 Å². The Hall–Kier alpha value is -2.93. The van der Waals surface area contributed by atoms with Crippen molar-refractivity contribution in [1.82, 2.24) is 0 Å². The number of anilines is 2. The first-order chi connectivity index (χ1) is 13.4. The summed E-state index contributed by atoms with van der Waals surface area (Å²) in [5.41, 5.74) is 2.54. The molecule has 2 aromatic rings. The summed E-state index contributed by atoms with van der Waals surface area (Å²) < 4.78 is 10.8. The minimum Gasteiger partial charge on any atom is -0.497 e. The number of methoxy groups -OCH3 is 1. The van der Waals surface area contributed by atoms with Crippen LogP contribution in [0.15, 0.2) is 42.5 Å². The van der Waals surface area contributed by atoms with Crippen molar-refractivity contribution in [3.05, 3.63) is 48.0 Å². The van der Waals surface area contributed by atoms with Crippen LogP contribution in [-0.4, -0.2) is 44.9 Å². The number of rotatable bonds is 6. The Morgan fingerprint density at radius 2 is 1.90 bits per heavy atom. The predicted molar refractivity (Wildman–Crippen MR) is 114 cm³/mol. The maximum Gasteiger partial charge on any atom is 0.419 e. The molecule has 0 saturated carbocycles. The SMILES string of the molecule is COc1ccc(N(C)C(=O)Oc2cccc3c2C(CCC(=O)O)CN3C)cc1.Cl. The van der Waals surface area contributed by atoms with Crippen LogP contribution in [0, 0.1) is 0 Å². The Bertz CT molecular complexity index is 872. The standard InChI is InChI=1S/C21H24N2O5.ClH/c1-22-13-14(7-12-19(24)25)20-17(22)5-4-6-18(20)28-21(26)23(2)15-8-10-16(27-3)11-9-15;/h4-6,8-11,14H,7,12-13H2,1-3H3,(H,24,25);1H. The second-order valence-corrected chi connectivity index (χ2v) is 6.82. The van der Waals surface area contributed by atoms with Gasteiger partial charge in [0, 0.05) is 49.9 Å². The van der Waals surface area contributed by atoms with Crippen molar-refractivity contribution in [2.75, 3.05) is 37.5 Å². The largest absolute Gasteiger partial charge is 0.497 e. The number of benzene rings is 2. The van der Waals surface area contributed by atoms with Crippen LogP contribution in [0.3, 0.4) is 0 Å². The number of hydrogen-bond donors (Lipinski definition) is 1. The Morgan fingerprint density at radius 3 is 2.52 bits per heavy atom. The van der Waals surface area contributed by atoms with Crippen LogP contribution < -0.4 is 19.3 Å². The molecule has 0 saturated heterocycles. The van der Waals surface area contributed by atoms with Gasteiger partial charge in [0.05, 0.1) is 7.11 Å². The lowest BCUT2D eigenvalue weighted by atomic mass is 9.95. The molecule has 1 N–H and O–H groups in total. The van der Waals surface area contributed by atoms with Crippen molar-refractivity contribution in [2.45, 2.75) is 18.8 Å². The lowest BCUT2D eigenvalue weighted by Crippen LogP contribution is -2.29. The van der Waals surface area contributed by atoms with Gasteiger partial charge in [-0.25, -0.2) is 4.79 Å². The number of aliphatic carboxylic acids is 1. The van der Waals surface area contributed by atoms with E-state index in [4.69, 9.17) is 14.6 Å². The summed E-state index contributed by atoms with van der Waals surface area (Å²) in [6.07, 6.45) is 0.0618. The van der Waals surface area contributed by atoms with E-state index in [9.17, 15) is 9.59 Å². The van der Waals surface area contributed by atoms with Crippen molar-refractivity contribution >= 4 is 35.8 Å². The van der Waals surface area contributed by atoms with Crippen LogP contribution in [0.5, 0.6) is 11.5 Å². The Balaban J connectivity index is 0.00000300. The van der Waals surface area contributed by atoms with Gasteiger partial charge in [0.15, 0.2) is 0 Å². The number of likely N-dealkylation sites (N-methyl/N-ethyl adjacent to an activating group) is 1. The Morgan fingerprint density at radius 1 is 1.21 bits per heavy atom. The monoisotopic (exact) mass is 420 g/mol. The lowest BCUT2D eigenvalue weighted by Gasteiger charge is -2.19. The fourth-order valence-electron chi connectivity index (χ4n) is 3.49. The number of fused-ring (bicyclic) bond motifs is 1. The smallest absolute Gasteiger partial charge is 0.419 e. The van der Waals surface area contributed by atoms with Crippen LogP contribution in [0.1, 0.15) is 24.3 Å². The summed E-state index contributed by atoms with van der Waals surface area (Å²) in [6, 6.07) is 12.7. The number of ether oxygens (including phenoxy) is 2. The number of amides is 1. The lowest BCUT2D eigenvalue weighted by molar-refractivity contribution is -0.137. The van der Waals surface area contributed by atoms with Crippen molar-refractivity contribution in [3.63, 3.8) is 0 Å². The molecule has 0 fully saturated rings. The van der Waals surface area contributed by atoms with Crippen molar-refractivity contribution < 1.29 is 24.2 Å². The van der Waals surface area contributed by atoms with Gasteiger partial charge < -0.3 is 19.5 Å². The minimum absolute atomic E-state index is 0. The van der Waals surface area contributed by atoms with Crippen LogP contribution in [-0.2, 0) is 4.79 Å². The number of carbonyl (C=O) groups is 2. The maximum absolute atomic E-state index is 12.7. The summed E-state index contributed by atoms with van der Waals surface area (Å²) >= 11 is 0. The Kier molecular flexibility index (Phi) is 7.34. The zero-order valence-corrected chi connectivity index (χ0v) is 17.4. The van der Waals surface area contributed by atoms with Crippen LogP contribution in [0.2, 0.25) is 0 Å². The number of carboxylic acid groups (broad SMARTS) is 1. The first-order valence-corrected chi connectivity index (χ1v) is 9.06. The third-order valence-corrected chi connectivity index (χ3v) is 4.99. The highest BCUT2D eigenvalue weighted by Crippen LogP contribution is 2.43. The number of halogens is 1. The average Bonchev–Trinajstić information content (AvgIpc) is 3.02. The second-order valence-electron chi connectivity index (χ2n) is 6.82. The van der Waals surface area contributed by atoms with Gasteiger partial charge in [-0.3, -0.25) is 9.69 Å². The van der Waals surface area contributed by atoms with E-state index in [1.165, 1.54) is 4.90 Å². The summed E-state index contributed by atoms with van der Waals surface area (Å²) in [5, 5.41) is 9.02. The first-order valence-electron chi connectivity index (χ1n) is 9.06. The molecule has 0 aromatic heterocycles. The zero-order valence-electron chi connectivity index (χ0n) is 16.6. The van der Waals surface area contributed by atoms with E-state index in [1.54, 1.807) is 44.5 Å². The molecule has 1 heterocycles. The van der Waals surface area contributed by atoms with Crippen molar-refractivity contribution in [1.29, 1.82) is 0 Å². The Labute approximate surface area is 176 Å². The molecule has 2 aromatic carbocycles. The van der Waals surface area contributed by atoms with E-state index in [0.717, 1.165) is 11.3 Å². The number of hydrogen-bond acceptors (Lipinski definition) is 5. The molecule has 1 atom stereocenters. The van der Waals surface area contributed by atoms with Crippen LogP contribution >= 0.6 is 12.4 Å². The van der Waals surface area contributed by atoms with Gasteiger partial charge in [-0.2, -0.15) is 0 Å². The molecule has 8 heteroatoms. The minimum atomic E-state index is -0.829. The van der Waals surface area contributed by atoms with E-state index < -0.39 is 12.1 Å². The van der Waals surface area contributed by atoms with Gasteiger partial charge in [0.25, 0.3) is 0 Å². The highest BCUT2D eigenvalue weighted by molar-refractivity contribution is 5.89. The normalized spacial score (nSPS) is 14.6. The molecule has 0 aliphatic carbocycles. The molecule has 3 rings (SSSR count). The van der Waals surface area contributed by atoms with E-state index in [0.29, 0.717) is 30.2 Å². The molecule has 1 amide bonds. The number of nitrogens with zero attached hydrogens (tertiary/aromatic N) is 2.